The van der Waals surface area contributed by atoms with Crippen molar-refractivity contribution in [3.05, 3.63) is 65.8 Å². The van der Waals surface area contributed by atoms with Crippen LogP contribution < -0.4 is 4.72 Å². The van der Waals surface area contributed by atoms with E-state index in [1.54, 1.807) is 6.33 Å². The Morgan fingerprint density at radius 2 is 1.88 bits per heavy atom. The van der Waals surface area contributed by atoms with Crippen LogP contribution in [0.1, 0.15) is 22.7 Å². The molecular formula is C13H11N3S. The highest BCUT2D eigenvalue weighted by atomic mass is 32.1. The van der Waals surface area contributed by atoms with Crippen LogP contribution in [0.25, 0.3) is 5.57 Å². The van der Waals surface area contributed by atoms with Crippen molar-refractivity contribution < 1.29 is 0 Å². The Hall–Kier alpha value is -1.65. The van der Waals surface area contributed by atoms with Crippen molar-refractivity contribution in [1.82, 2.24) is 14.7 Å². The van der Waals surface area contributed by atoms with Gasteiger partial charge in [0.15, 0.2) is 0 Å². The van der Waals surface area contributed by atoms with Gasteiger partial charge >= 0.3 is 0 Å². The fraction of sp³-hybridized carbons (Fsp3) is 0.0769. The zero-order valence-electron chi connectivity index (χ0n) is 9.04. The van der Waals surface area contributed by atoms with Gasteiger partial charge in [-0.2, -0.15) is 0 Å². The molecule has 3 nitrogen and oxygen atoms in total. The van der Waals surface area contributed by atoms with Crippen molar-refractivity contribution in [1.29, 1.82) is 0 Å². The van der Waals surface area contributed by atoms with Crippen LogP contribution in [-0.2, 0) is 0 Å². The van der Waals surface area contributed by atoms with Gasteiger partial charge in [-0.05, 0) is 16.7 Å². The van der Waals surface area contributed by atoms with Gasteiger partial charge in [0.05, 0.1) is 6.04 Å². The molecule has 1 aliphatic rings. The molecule has 1 heterocycles. The van der Waals surface area contributed by atoms with E-state index in [0.717, 1.165) is 11.1 Å². The van der Waals surface area contributed by atoms with E-state index in [0.29, 0.717) is 0 Å². The van der Waals surface area contributed by atoms with Crippen LogP contribution in [0.15, 0.2) is 49.1 Å². The van der Waals surface area contributed by atoms with Crippen LogP contribution >= 0.6 is 12.8 Å². The maximum absolute atomic E-state index is 4.17. The van der Waals surface area contributed by atoms with E-state index < -0.39 is 0 Å². The Labute approximate surface area is 105 Å². The van der Waals surface area contributed by atoms with E-state index in [2.05, 4.69) is 45.7 Å². The number of nitrogens with zero attached hydrogens (tertiary/aromatic N) is 2. The van der Waals surface area contributed by atoms with Gasteiger partial charge in [-0.25, -0.2) is 9.97 Å². The average molecular weight is 241 g/mol. The van der Waals surface area contributed by atoms with E-state index in [-0.39, 0.29) is 6.04 Å². The number of thiol groups is 1. The highest BCUT2D eigenvalue weighted by Gasteiger charge is 2.22. The van der Waals surface area contributed by atoms with Crippen molar-refractivity contribution in [2.45, 2.75) is 6.04 Å². The smallest absolute Gasteiger partial charge is 0.115 e. The number of benzene rings is 1. The highest BCUT2D eigenvalue weighted by Crippen LogP contribution is 2.37. The van der Waals surface area contributed by atoms with Crippen LogP contribution in [0.4, 0.5) is 0 Å². The van der Waals surface area contributed by atoms with Crippen LogP contribution in [0, 0.1) is 0 Å². The second-order valence-electron chi connectivity index (χ2n) is 3.90. The summed E-state index contributed by atoms with van der Waals surface area (Å²) in [4.78, 5) is 8.12. The lowest BCUT2D eigenvalue weighted by atomic mass is 10.0. The molecule has 1 aromatic carbocycles. The Bertz CT molecular complexity index is 566. The van der Waals surface area contributed by atoms with Gasteiger partial charge in [-0.3, -0.25) is 4.72 Å². The first kappa shape index (κ1) is 10.5. The Morgan fingerprint density at radius 1 is 1.12 bits per heavy atom. The third-order valence-electron chi connectivity index (χ3n) is 2.93. The van der Waals surface area contributed by atoms with Crippen LogP contribution in [0.3, 0.4) is 0 Å². The van der Waals surface area contributed by atoms with Crippen molar-refractivity contribution in [3.63, 3.8) is 0 Å². The van der Waals surface area contributed by atoms with E-state index in [1.807, 2.05) is 24.5 Å². The predicted octanol–water partition coefficient (Wildman–Crippen LogP) is 2.40. The molecule has 0 saturated heterocycles. The second kappa shape index (κ2) is 4.31. The summed E-state index contributed by atoms with van der Waals surface area (Å²) in [6, 6.07) is 8.44. The lowest BCUT2D eigenvalue weighted by Crippen LogP contribution is -2.05. The Balaban J connectivity index is 2.13. The largest absolute Gasteiger partial charge is 0.255 e. The molecule has 1 atom stereocenters. The number of nitrogens with one attached hydrogen (secondary N) is 1. The molecule has 4 heteroatoms. The predicted molar refractivity (Wildman–Crippen MR) is 70.4 cm³/mol. The molecule has 84 valence electrons. The maximum atomic E-state index is 4.17. The SMILES string of the molecule is SNC1C=C(c2cncnc2)c2ccccc21. The summed E-state index contributed by atoms with van der Waals surface area (Å²) in [6.07, 6.45) is 7.35. The molecular weight excluding hydrogens is 230 g/mol. The Kier molecular flexibility index (Phi) is 2.66. The molecule has 0 amide bonds. The zero-order valence-corrected chi connectivity index (χ0v) is 9.93. The van der Waals surface area contributed by atoms with Crippen molar-refractivity contribution in [2.24, 2.45) is 0 Å². The maximum Gasteiger partial charge on any atom is 0.115 e. The molecule has 17 heavy (non-hydrogen) atoms. The molecule has 1 aliphatic carbocycles. The molecule has 0 bridgehead atoms. The molecule has 0 radical (unpaired) electrons. The van der Waals surface area contributed by atoms with Gasteiger partial charge in [0.25, 0.3) is 0 Å². The van der Waals surface area contributed by atoms with Gasteiger partial charge in [0, 0.05) is 18.0 Å². The van der Waals surface area contributed by atoms with Crippen molar-refractivity contribution >= 4 is 18.4 Å². The van der Waals surface area contributed by atoms with Gasteiger partial charge in [-0.15, -0.1) is 0 Å². The minimum Gasteiger partial charge on any atom is -0.255 e. The van der Waals surface area contributed by atoms with Crippen LogP contribution in [0.2, 0.25) is 0 Å². The van der Waals surface area contributed by atoms with E-state index in [9.17, 15) is 0 Å². The molecule has 1 unspecified atom stereocenters. The summed E-state index contributed by atoms with van der Waals surface area (Å²) in [5.41, 5.74) is 4.65. The fourth-order valence-corrected chi connectivity index (χ4v) is 2.37. The van der Waals surface area contributed by atoms with Gasteiger partial charge < -0.3 is 0 Å². The molecule has 2 aromatic rings. The second-order valence-corrected chi connectivity index (χ2v) is 4.16. The van der Waals surface area contributed by atoms with Crippen molar-refractivity contribution in [3.8, 4) is 0 Å². The molecule has 0 saturated carbocycles. The molecule has 1 N–H and O–H groups in total. The molecule has 0 spiro atoms. The first-order chi connectivity index (χ1) is 8.40. The summed E-state index contributed by atoms with van der Waals surface area (Å²) >= 11 is 4.17. The monoisotopic (exact) mass is 241 g/mol. The van der Waals surface area contributed by atoms with Gasteiger partial charge in [0.1, 0.15) is 6.33 Å². The molecule has 3 rings (SSSR count). The van der Waals surface area contributed by atoms with E-state index >= 15 is 0 Å². The zero-order chi connectivity index (χ0) is 11.7. The molecule has 1 aromatic heterocycles. The van der Waals surface area contributed by atoms with Crippen LogP contribution in [0.5, 0.6) is 0 Å². The number of fused-ring (bicyclic) bond motifs is 1. The number of rotatable bonds is 2. The standard InChI is InChI=1S/C13H11N3S/c17-16-13-5-12(9-6-14-8-15-7-9)10-3-1-2-4-11(10)13/h1-8,13,16-17H. The summed E-state index contributed by atoms with van der Waals surface area (Å²) < 4.78 is 3.00. The minimum atomic E-state index is 0.143. The third kappa shape index (κ3) is 1.75. The molecule has 0 aliphatic heterocycles. The topological polar surface area (TPSA) is 37.8 Å². The van der Waals surface area contributed by atoms with Gasteiger partial charge in [0.2, 0.25) is 0 Å². The lowest BCUT2D eigenvalue weighted by Gasteiger charge is -2.07. The summed E-state index contributed by atoms with van der Waals surface area (Å²) in [5, 5.41) is 0. The van der Waals surface area contributed by atoms with E-state index in [4.69, 9.17) is 0 Å². The van der Waals surface area contributed by atoms with Gasteiger partial charge in [-0.1, -0.05) is 43.2 Å². The summed E-state index contributed by atoms with van der Waals surface area (Å²) in [6.45, 7) is 0. The first-order valence-corrected chi connectivity index (χ1v) is 5.81. The lowest BCUT2D eigenvalue weighted by molar-refractivity contribution is 0.858. The molecule has 0 fully saturated rings. The quantitative estimate of drug-likeness (QED) is 0.793. The number of hydrogen-bond acceptors (Lipinski definition) is 4. The van der Waals surface area contributed by atoms with Crippen molar-refractivity contribution in [2.75, 3.05) is 0 Å². The number of aromatic nitrogens is 2. The minimum absolute atomic E-state index is 0.143. The van der Waals surface area contributed by atoms with E-state index in [1.165, 1.54) is 11.1 Å². The van der Waals surface area contributed by atoms with Crippen LogP contribution in [-0.4, -0.2) is 9.97 Å². The average Bonchev–Trinajstić information content (AvgIpc) is 2.78. The fourth-order valence-electron chi connectivity index (χ4n) is 2.16. The number of hydrogen-bond donors (Lipinski definition) is 2. The third-order valence-corrected chi connectivity index (χ3v) is 3.21. The summed E-state index contributed by atoms with van der Waals surface area (Å²) in [5.74, 6) is 0. The highest BCUT2D eigenvalue weighted by molar-refractivity contribution is 7.78. The normalized spacial score (nSPS) is 17.7. The summed E-state index contributed by atoms with van der Waals surface area (Å²) in [7, 11) is 0. The first-order valence-electron chi connectivity index (χ1n) is 5.36. The Morgan fingerprint density at radius 3 is 2.65 bits per heavy atom.